The molecule has 2 heterocycles. The molecule has 7 heteroatoms. The fourth-order valence-corrected chi connectivity index (χ4v) is 1.85. The van der Waals surface area contributed by atoms with Gasteiger partial charge in [0.2, 0.25) is 10.1 Å². The van der Waals surface area contributed by atoms with E-state index >= 15 is 0 Å². The van der Waals surface area contributed by atoms with Crippen molar-refractivity contribution in [3.05, 3.63) is 28.7 Å². The van der Waals surface area contributed by atoms with Gasteiger partial charge in [0.15, 0.2) is 0 Å². The number of aromatic nitrogens is 2. The van der Waals surface area contributed by atoms with Gasteiger partial charge < -0.3 is 15.1 Å². The molecule has 1 amide bonds. The lowest BCUT2D eigenvalue weighted by Crippen LogP contribution is -2.22. The third kappa shape index (κ3) is 2.82. The molecule has 0 saturated heterocycles. The molecule has 2 N–H and O–H groups in total. The second-order valence-corrected chi connectivity index (χ2v) is 4.33. The summed E-state index contributed by atoms with van der Waals surface area (Å²) >= 11 is 1.21. The summed E-state index contributed by atoms with van der Waals surface area (Å²) in [5.74, 6) is 1.29. The molecule has 2 aromatic rings. The first kappa shape index (κ1) is 11.6. The Morgan fingerprint density at radius 1 is 1.47 bits per heavy atom. The van der Waals surface area contributed by atoms with Gasteiger partial charge in [-0.3, -0.25) is 4.79 Å². The summed E-state index contributed by atoms with van der Waals surface area (Å²) in [6.07, 6.45) is 0. The van der Waals surface area contributed by atoms with Gasteiger partial charge in [-0.2, -0.15) is 0 Å². The molecule has 0 aliphatic carbocycles. The van der Waals surface area contributed by atoms with E-state index in [1.54, 1.807) is 7.05 Å². The molecular weight excluding hydrogens is 240 g/mol. The highest BCUT2D eigenvalue weighted by Crippen LogP contribution is 2.14. The van der Waals surface area contributed by atoms with Crippen LogP contribution in [0.25, 0.3) is 0 Å². The molecule has 0 unspecified atom stereocenters. The number of amides is 1. The lowest BCUT2D eigenvalue weighted by molar-refractivity contribution is 0.0947. The molecule has 6 nitrogen and oxygen atoms in total. The average molecular weight is 252 g/mol. The molecular formula is C10H12N4O2S. The zero-order valence-electron chi connectivity index (χ0n) is 9.48. The zero-order valence-corrected chi connectivity index (χ0v) is 10.3. The Morgan fingerprint density at radius 2 is 2.29 bits per heavy atom. The minimum Gasteiger partial charge on any atom is -0.465 e. The van der Waals surface area contributed by atoms with E-state index in [-0.39, 0.29) is 5.91 Å². The number of anilines is 1. The lowest BCUT2D eigenvalue weighted by atomic mass is 10.4. The van der Waals surface area contributed by atoms with Crippen molar-refractivity contribution < 1.29 is 9.21 Å². The summed E-state index contributed by atoms with van der Waals surface area (Å²) in [6.45, 7) is 2.20. The predicted octanol–water partition coefficient (Wildman–Crippen LogP) is 1.41. The monoisotopic (exact) mass is 252 g/mol. The van der Waals surface area contributed by atoms with Gasteiger partial charge in [-0.1, -0.05) is 11.3 Å². The number of carbonyl (C=O) groups is 1. The molecule has 0 atom stereocenters. The van der Waals surface area contributed by atoms with Gasteiger partial charge >= 0.3 is 0 Å². The van der Waals surface area contributed by atoms with Gasteiger partial charge in [0.05, 0.1) is 6.54 Å². The second-order valence-electron chi connectivity index (χ2n) is 3.36. The van der Waals surface area contributed by atoms with E-state index in [0.29, 0.717) is 22.4 Å². The topological polar surface area (TPSA) is 80.0 Å². The number of nitrogens with one attached hydrogen (secondary N) is 2. The molecule has 0 radical (unpaired) electrons. The normalized spacial score (nSPS) is 10.2. The lowest BCUT2D eigenvalue weighted by Gasteiger charge is -1.98. The minimum atomic E-state index is -0.252. The molecule has 0 saturated carbocycles. The van der Waals surface area contributed by atoms with Crippen LogP contribution in [0.4, 0.5) is 5.13 Å². The SMILES string of the molecule is CNc1nnc(C(=O)NCc2ccc(C)o2)s1. The van der Waals surface area contributed by atoms with Crippen molar-refractivity contribution in [2.45, 2.75) is 13.5 Å². The number of hydrogen-bond acceptors (Lipinski definition) is 6. The van der Waals surface area contributed by atoms with Crippen LogP contribution in [0.3, 0.4) is 0 Å². The quantitative estimate of drug-likeness (QED) is 0.860. The molecule has 0 aliphatic heterocycles. The van der Waals surface area contributed by atoms with Gasteiger partial charge in [0.25, 0.3) is 5.91 Å². The van der Waals surface area contributed by atoms with Crippen molar-refractivity contribution in [1.29, 1.82) is 0 Å². The van der Waals surface area contributed by atoms with E-state index in [2.05, 4.69) is 20.8 Å². The van der Waals surface area contributed by atoms with Crippen molar-refractivity contribution in [2.24, 2.45) is 0 Å². The number of aryl methyl sites for hydroxylation is 1. The van der Waals surface area contributed by atoms with E-state index in [9.17, 15) is 4.79 Å². The third-order valence-electron chi connectivity index (χ3n) is 2.05. The summed E-state index contributed by atoms with van der Waals surface area (Å²) in [5.41, 5.74) is 0. The Bertz CT molecular complexity index is 520. The zero-order chi connectivity index (χ0) is 12.3. The van der Waals surface area contributed by atoms with Crippen LogP contribution in [-0.4, -0.2) is 23.2 Å². The number of carbonyl (C=O) groups excluding carboxylic acids is 1. The summed E-state index contributed by atoms with van der Waals surface area (Å²) in [6, 6.07) is 3.68. The van der Waals surface area contributed by atoms with Crippen LogP contribution in [-0.2, 0) is 6.54 Å². The van der Waals surface area contributed by atoms with E-state index in [4.69, 9.17) is 4.42 Å². The highest BCUT2D eigenvalue weighted by Gasteiger charge is 2.12. The number of hydrogen-bond donors (Lipinski definition) is 2. The van der Waals surface area contributed by atoms with Gasteiger partial charge in [-0.15, -0.1) is 10.2 Å². The smallest absolute Gasteiger partial charge is 0.282 e. The van der Waals surface area contributed by atoms with Crippen LogP contribution >= 0.6 is 11.3 Å². The summed E-state index contributed by atoms with van der Waals surface area (Å²) in [7, 11) is 1.73. The molecule has 0 spiro atoms. The van der Waals surface area contributed by atoms with E-state index in [1.165, 1.54) is 11.3 Å². The third-order valence-corrected chi connectivity index (χ3v) is 2.99. The van der Waals surface area contributed by atoms with Crippen molar-refractivity contribution in [3.63, 3.8) is 0 Å². The summed E-state index contributed by atoms with van der Waals surface area (Å²) in [4.78, 5) is 11.7. The van der Waals surface area contributed by atoms with Crippen molar-refractivity contribution >= 4 is 22.4 Å². The Labute approximate surface area is 102 Å². The Hall–Kier alpha value is -1.89. The Kier molecular flexibility index (Phi) is 3.38. The van der Waals surface area contributed by atoms with Gasteiger partial charge in [0.1, 0.15) is 11.5 Å². The van der Waals surface area contributed by atoms with Crippen LogP contribution in [0.5, 0.6) is 0 Å². The fraction of sp³-hybridized carbons (Fsp3) is 0.300. The van der Waals surface area contributed by atoms with Gasteiger partial charge in [0, 0.05) is 7.05 Å². The Morgan fingerprint density at radius 3 is 2.88 bits per heavy atom. The van der Waals surface area contributed by atoms with Crippen molar-refractivity contribution in [2.75, 3.05) is 12.4 Å². The molecule has 0 fully saturated rings. The maximum Gasteiger partial charge on any atom is 0.282 e. The van der Waals surface area contributed by atoms with E-state index in [1.807, 2.05) is 19.1 Å². The molecule has 17 heavy (non-hydrogen) atoms. The Balaban J connectivity index is 1.93. The molecule has 90 valence electrons. The van der Waals surface area contributed by atoms with Crippen LogP contribution in [0.2, 0.25) is 0 Å². The summed E-state index contributed by atoms with van der Waals surface area (Å²) < 4.78 is 5.34. The molecule has 2 rings (SSSR count). The highest BCUT2D eigenvalue weighted by atomic mass is 32.1. The summed E-state index contributed by atoms with van der Waals surface area (Å²) in [5, 5.41) is 14.0. The average Bonchev–Trinajstić information content (AvgIpc) is 2.94. The number of rotatable bonds is 4. The largest absolute Gasteiger partial charge is 0.465 e. The van der Waals surface area contributed by atoms with Crippen LogP contribution in [0, 0.1) is 6.92 Å². The fourth-order valence-electron chi connectivity index (χ4n) is 1.24. The van der Waals surface area contributed by atoms with Gasteiger partial charge in [-0.05, 0) is 19.1 Å². The van der Waals surface area contributed by atoms with Crippen molar-refractivity contribution in [3.8, 4) is 0 Å². The highest BCUT2D eigenvalue weighted by molar-refractivity contribution is 7.17. The predicted molar refractivity (Wildman–Crippen MR) is 64.1 cm³/mol. The molecule has 2 aromatic heterocycles. The van der Waals surface area contributed by atoms with Crippen LogP contribution in [0.1, 0.15) is 21.3 Å². The van der Waals surface area contributed by atoms with Gasteiger partial charge in [-0.25, -0.2) is 0 Å². The minimum absolute atomic E-state index is 0.252. The molecule has 0 aromatic carbocycles. The molecule has 0 bridgehead atoms. The second kappa shape index (κ2) is 4.96. The van der Waals surface area contributed by atoms with Crippen LogP contribution in [0.15, 0.2) is 16.5 Å². The first-order chi connectivity index (χ1) is 8.19. The first-order valence-corrected chi connectivity index (χ1v) is 5.85. The standard InChI is InChI=1S/C10H12N4O2S/c1-6-3-4-7(16-6)5-12-8(15)9-13-14-10(11-2)17-9/h3-4H,5H2,1-2H3,(H,11,14)(H,12,15). The maximum atomic E-state index is 11.7. The molecule has 0 aliphatic rings. The van der Waals surface area contributed by atoms with Crippen LogP contribution < -0.4 is 10.6 Å². The van der Waals surface area contributed by atoms with E-state index < -0.39 is 0 Å². The van der Waals surface area contributed by atoms with Crippen molar-refractivity contribution in [1.82, 2.24) is 15.5 Å². The van der Waals surface area contributed by atoms with E-state index in [0.717, 1.165) is 5.76 Å². The number of furan rings is 1. The maximum absolute atomic E-state index is 11.7. The number of nitrogens with zero attached hydrogens (tertiary/aromatic N) is 2. The first-order valence-electron chi connectivity index (χ1n) is 5.04.